The number of rotatable bonds is 0. The summed E-state index contributed by atoms with van der Waals surface area (Å²) in [6.45, 7) is 2.00. The van der Waals surface area contributed by atoms with E-state index in [1.54, 1.807) is 0 Å². The van der Waals surface area contributed by atoms with Crippen LogP contribution in [-0.4, -0.2) is 33.1 Å². The molecule has 5 heteroatoms. The highest BCUT2D eigenvalue weighted by molar-refractivity contribution is 5.77. The standard InChI is InChI=1S/C20H14N4.C5H10O/c1-2-14-10-16-5-6-18(23-16)12-20-8-7-19(24-20)11-17-4-3-15(22-17)9-13(1)21-14;1-2-4-6-5-3-1/h1-12,21-22H;1-5H2. The summed E-state index contributed by atoms with van der Waals surface area (Å²) < 4.78 is 5.07. The number of fused-ring (bicyclic) bond motifs is 8. The first-order valence-electron chi connectivity index (χ1n) is 10.4. The van der Waals surface area contributed by atoms with Crippen molar-refractivity contribution in [1.29, 1.82) is 0 Å². The Bertz CT molecular complexity index is 1160. The number of hydrogen-bond acceptors (Lipinski definition) is 3. The Morgan fingerprint density at radius 3 is 1.37 bits per heavy atom. The summed E-state index contributed by atoms with van der Waals surface area (Å²) in [5.41, 5.74) is 7.86. The largest absolute Gasteiger partial charge is 0.381 e. The number of nitrogens with zero attached hydrogens (tertiary/aromatic N) is 2. The number of aromatic nitrogens is 4. The molecular formula is C25H24N4O. The fraction of sp³-hybridized carbons (Fsp3) is 0.200. The molecule has 0 saturated carbocycles. The van der Waals surface area contributed by atoms with Gasteiger partial charge in [-0.1, -0.05) is 0 Å². The summed E-state index contributed by atoms with van der Waals surface area (Å²) in [4.78, 5) is 16.0. The van der Waals surface area contributed by atoms with Crippen molar-refractivity contribution < 1.29 is 4.74 Å². The predicted octanol–water partition coefficient (Wildman–Crippen LogP) is 5.84. The van der Waals surface area contributed by atoms with Crippen LogP contribution in [0.3, 0.4) is 0 Å². The van der Waals surface area contributed by atoms with Crippen LogP contribution in [0.25, 0.3) is 46.4 Å². The molecule has 30 heavy (non-hydrogen) atoms. The molecule has 5 nitrogen and oxygen atoms in total. The van der Waals surface area contributed by atoms with E-state index in [4.69, 9.17) is 4.74 Å². The maximum Gasteiger partial charge on any atom is 0.0659 e. The van der Waals surface area contributed by atoms with Crippen LogP contribution in [0, 0.1) is 0 Å². The number of hydrogen-bond donors (Lipinski definition) is 2. The van der Waals surface area contributed by atoms with Gasteiger partial charge >= 0.3 is 0 Å². The van der Waals surface area contributed by atoms with Gasteiger partial charge in [-0.2, -0.15) is 0 Å². The van der Waals surface area contributed by atoms with Crippen molar-refractivity contribution >= 4 is 46.4 Å². The minimum Gasteiger partial charge on any atom is -0.381 e. The minimum absolute atomic E-state index is 0.915. The Balaban J connectivity index is 0.000000279. The second-order valence-corrected chi connectivity index (χ2v) is 7.58. The summed E-state index contributed by atoms with van der Waals surface area (Å²) in [5, 5.41) is 0. The van der Waals surface area contributed by atoms with Gasteiger partial charge in [0.25, 0.3) is 0 Å². The highest BCUT2D eigenvalue weighted by atomic mass is 16.5. The van der Waals surface area contributed by atoms with E-state index in [2.05, 4.69) is 50.3 Å². The first kappa shape index (κ1) is 18.6. The number of ether oxygens (including phenoxy) is 1. The third-order valence-corrected chi connectivity index (χ3v) is 5.12. The van der Waals surface area contributed by atoms with Gasteiger partial charge in [0.05, 0.1) is 22.8 Å². The third-order valence-electron chi connectivity index (χ3n) is 5.12. The van der Waals surface area contributed by atoms with Crippen LogP contribution in [0.1, 0.15) is 42.0 Å². The van der Waals surface area contributed by atoms with Crippen LogP contribution in [0.2, 0.25) is 0 Å². The highest BCUT2D eigenvalue weighted by Crippen LogP contribution is 2.17. The van der Waals surface area contributed by atoms with Gasteiger partial charge in [-0.25, -0.2) is 9.97 Å². The lowest BCUT2D eigenvalue weighted by Crippen LogP contribution is -2.03. The number of H-pyrrole nitrogens is 2. The Kier molecular flexibility index (Phi) is 5.27. The molecule has 0 spiro atoms. The van der Waals surface area contributed by atoms with E-state index < -0.39 is 0 Å². The van der Waals surface area contributed by atoms with Gasteiger partial charge in [-0.15, -0.1) is 0 Å². The van der Waals surface area contributed by atoms with Crippen molar-refractivity contribution in [1.82, 2.24) is 19.9 Å². The SMILES string of the molecule is C1=Cc2cc3ccc(cc4ccc(cc5nc(cc1n2)C=C5)[nH]4)[nH]3.C1CCOCC1. The third kappa shape index (κ3) is 4.58. The van der Waals surface area contributed by atoms with E-state index in [9.17, 15) is 0 Å². The molecule has 3 aromatic heterocycles. The second kappa shape index (κ2) is 8.51. The van der Waals surface area contributed by atoms with Gasteiger partial charge < -0.3 is 14.7 Å². The Morgan fingerprint density at radius 2 is 0.967 bits per heavy atom. The quantitative estimate of drug-likeness (QED) is 0.345. The van der Waals surface area contributed by atoms with Crippen molar-refractivity contribution in [3.63, 3.8) is 0 Å². The van der Waals surface area contributed by atoms with Gasteiger partial charge in [0.1, 0.15) is 0 Å². The van der Waals surface area contributed by atoms with Gasteiger partial charge in [0, 0.05) is 35.3 Å². The molecule has 0 amide bonds. The molecule has 2 N–H and O–H groups in total. The van der Waals surface area contributed by atoms with Gasteiger partial charge in [0.2, 0.25) is 0 Å². The second-order valence-electron chi connectivity index (χ2n) is 7.58. The summed E-state index contributed by atoms with van der Waals surface area (Å²) in [5.74, 6) is 0. The van der Waals surface area contributed by atoms with Crippen molar-refractivity contribution in [2.45, 2.75) is 19.3 Å². The monoisotopic (exact) mass is 396 g/mol. The maximum atomic E-state index is 5.07. The van der Waals surface area contributed by atoms with Crippen LogP contribution in [-0.2, 0) is 4.74 Å². The van der Waals surface area contributed by atoms with Gasteiger partial charge in [-0.3, -0.25) is 0 Å². The Labute approximate surface area is 175 Å². The van der Waals surface area contributed by atoms with Crippen LogP contribution >= 0.6 is 0 Å². The molecule has 1 saturated heterocycles. The van der Waals surface area contributed by atoms with Gasteiger partial charge in [0.15, 0.2) is 0 Å². The van der Waals surface area contributed by atoms with Crippen molar-refractivity contribution in [2.24, 2.45) is 0 Å². The lowest BCUT2D eigenvalue weighted by molar-refractivity contribution is 0.0968. The molecule has 8 bridgehead atoms. The molecule has 0 atom stereocenters. The topological polar surface area (TPSA) is 66.6 Å². The number of nitrogens with one attached hydrogen (secondary N) is 2. The van der Waals surface area contributed by atoms with Crippen LogP contribution in [0.15, 0.2) is 48.5 Å². The molecule has 150 valence electrons. The normalized spacial score (nSPS) is 14.9. The summed E-state index contributed by atoms with van der Waals surface area (Å²) in [6.07, 6.45) is 12.0. The first-order valence-corrected chi connectivity index (χ1v) is 10.4. The molecule has 0 unspecified atom stereocenters. The summed E-state index contributed by atoms with van der Waals surface area (Å²) in [6, 6.07) is 16.4. The van der Waals surface area contributed by atoms with Crippen molar-refractivity contribution in [3.05, 3.63) is 71.3 Å². The minimum atomic E-state index is 0.915. The summed E-state index contributed by atoms with van der Waals surface area (Å²) >= 11 is 0. The maximum absolute atomic E-state index is 5.07. The molecular weight excluding hydrogens is 372 g/mol. The molecule has 3 aliphatic rings. The van der Waals surface area contributed by atoms with Crippen molar-refractivity contribution in [3.8, 4) is 0 Å². The van der Waals surface area contributed by atoms with Crippen molar-refractivity contribution in [2.75, 3.05) is 13.2 Å². The molecule has 6 heterocycles. The van der Waals surface area contributed by atoms with E-state index >= 15 is 0 Å². The van der Waals surface area contributed by atoms with Crippen LogP contribution in [0.5, 0.6) is 0 Å². The van der Waals surface area contributed by atoms with E-state index in [0.717, 1.165) is 58.1 Å². The Hall–Kier alpha value is -3.44. The number of aromatic amines is 2. The molecule has 0 radical (unpaired) electrons. The molecule has 0 aliphatic carbocycles. The summed E-state index contributed by atoms with van der Waals surface area (Å²) in [7, 11) is 0. The molecule has 3 aliphatic heterocycles. The fourth-order valence-corrected chi connectivity index (χ4v) is 3.63. The lowest BCUT2D eigenvalue weighted by Gasteiger charge is -2.08. The van der Waals surface area contributed by atoms with E-state index in [-0.39, 0.29) is 0 Å². The highest BCUT2D eigenvalue weighted by Gasteiger charge is 2.02. The van der Waals surface area contributed by atoms with E-state index in [1.807, 2.05) is 42.5 Å². The molecule has 6 rings (SSSR count). The average Bonchev–Trinajstić information content (AvgIpc) is 3.56. The molecule has 3 aromatic rings. The zero-order valence-corrected chi connectivity index (χ0v) is 16.8. The average molecular weight is 396 g/mol. The Morgan fingerprint density at radius 1 is 0.533 bits per heavy atom. The van der Waals surface area contributed by atoms with Gasteiger partial charge in [-0.05, 0) is 92.1 Å². The predicted molar refractivity (Wildman–Crippen MR) is 124 cm³/mol. The van der Waals surface area contributed by atoms with Crippen LogP contribution in [0.4, 0.5) is 0 Å². The zero-order chi connectivity index (χ0) is 20.2. The molecule has 0 aromatic carbocycles. The lowest BCUT2D eigenvalue weighted by atomic mass is 10.2. The van der Waals surface area contributed by atoms with E-state index in [1.165, 1.54) is 19.3 Å². The first-order chi connectivity index (χ1) is 14.8. The smallest absolute Gasteiger partial charge is 0.0659 e. The van der Waals surface area contributed by atoms with Crippen LogP contribution < -0.4 is 0 Å². The zero-order valence-electron chi connectivity index (χ0n) is 16.8. The van der Waals surface area contributed by atoms with E-state index in [0.29, 0.717) is 0 Å². The fourth-order valence-electron chi connectivity index (χ4n) is 3.63. The molecule has 1 fully saturated rings.